The first-order valence-electron chi connectivity index (χ1n) is 5.58. The van der Waals surface area contributed by atoms with E-state index >= 15 is 0 Å². The molecule has 0 saturated carbocycles. The molecule has 2 heteroatoms. The van der Waals surface area contributed by atoms with Gasteiger partial charge in [0.2, 0.25) is 0 Å². The Balaban J connectivity index is 2.39. The fourth-order valence-corrected chi connectivity index (χ4v) is 2.24. The van der Waals surface area contributed by atoms with Crippen molar-refractivity contribution in [2.75, 3.05) is 0 Å². The van der Waals surface area contributed by atoms with Crippen LogP contribution in [-0.2, 0) is 6.54 Å². The first-order valence-corrected chi connectivity index (χ1v) is 5.58. The van der Waals surface area contributed by atoms with E-state index in [-0.39, 0.29) is 6.54 Å². The van der Waals surface area contributed by atoms with E-state index < -0.39 is 0 Å². The van der Waals surface area contributed by atoms with Crippen LogP contribution in [-0.4, -0.2) is 0 Å². The molecule has 0 saturated heterocycles. The van der Waals surface area contributed by atoms with Crippen molar-refractivity contribution in [3.63, 3.8) is 0 Å². The van der Waals surface area contributed by atoms with Gasteiger partial charge in [0.05, 0.1) is 0 Å². The molecule has 0 aliphatic carbocycles. The summed E-state index contributed by atoms with van der Waals surface area (Å²) < 4.78 is 0. The van der Waals surface area contributed by atoms with Crippen molar-refractivity contribution in [1.82, 2.24) is 0 Å². The van der Waals surface area contributed by atoms with Gasteiger partial charge in [-0.2, -0.15) is 4.91 Å². The highest BCUT2D eigenvalue weighted by molar-refractivity contribution is 5.99. The minimum atomic E-state index is 0.232. The molecule has 0 bridgehead atoms. The standard InChI is InChI=1S/C15H11NO/c17-16-10-14-7-3-6-13-8-11-4-1-2-5-12(11)9-15(13)14/h1-9H,10H2. The van der Waals surface area contributed by atoms with Gasteiger partial charge in [-0.3, -0.25) is 0 Å². The van der Waals surface area contributed by atoms with Gasteiger partial charge in [0.15, 0.2) is 0 Å². The molecule has 0 aliphatic rings. The second kappa shape index (κ2) is 3.98. The van der Waals surface area contributed by atoms with Crippen LogP contribution in [0.25, 0.3) is 21.5 Å². The molecule has 0 N–H and O–H groups in total. The minimum Gasteiger partial charge on any atom is -0.150 e. The Kier molecular flexibility index (Phi) is 2.33. The number of nitroso groups, excluding NO2 is 1. The van der Waals surface area contributed by atoms with Crippen LogP contribution in [0.2, 0.25) is 0 Å². The Morgan fingerprint density at radius 3 is 2.29 bits per heavy atom. The first-order chi connectivity index (χ1) is 8.38. The molecule has 0 heterocycles. The van der Waals surface area contributed by atoms with Crippen molar-refractivity contribution in [3.05, 3.63) is 65.1 Å². The van der Waals surface area contributed by atoms with Gasteiger partial charge in [0.1, 0.15) is 6.54 Å². The lowest BCUT2D eigenvalue weighted by atomic mass is 10.00. The van der Waals surface area contributed by atoms with Crippen molar-refractivity contribution >= 4 is 21.5 Å². The Bertz CT molecular complexity index is 703. The average Bonchev–Trinajstić information content (AvgIpc) is 2.37. The van der Waals surface area contributed by atoms with Crippen molar-refractivity contribution in [2.24, 2.45) is 5.18 Å². The summed E-state index contributed by atoms with van der Waals surface area (Å²) in [6.45, 7) is 0.232. The van der Waals surface area contributed by atoms with Crippen molar-refractivity contribution in [2.45, 2.75) is 6.54 Å². The third-order valence-corrected chi connectivity index (χ3v) is 3.07. The van der Waals surface area contributed by atoms with Crippen LogP contribution >= 0.6 is 0 Å². The maximum Gasteiger partial charge on any atom is 0.107 e. The molecule has 0 amide bonds. The Morgan fingerprint density at radius 1 is 0.824 bits per heavy atom. The molecule has 2 nitrogen and oxygen atoms in total. The van der Waals surface area contributed by atoms with Gasteiger partial charge in [0.25, 0.3) is 0 Å². The smallest absolute Gasteiger partial charge is 0.107 e. The fraction of sp³-hybridized carbons (Fsp3) is 0.0667. The lowest BCUT2D eigenvalue weighted by Crippen LogP contribution is -1.84. The highest BCUT2D eigenvalue weighted by Gasteiger charge is 2.02. The minimum absolute atomic E-state index is 0.232. The molecule has 3 rings (SSSR count). The van der Waals surface area contributed by atoms with Gasteiger partial charge in [-0.1, -0.05) is 47.6 Å². The van der Waals surface area contributed by atoms with E-state index in [0.717, 1.165) is 16.3 Å². The molecule has 0 aromatic heterocycles. The van der Waals surface area contributed by atoms with E-state index in [0.29, 0.717) is 0 Å². The van der Waals surface area contributed by atoms with Crippen molar-refractivity contribution in [1.29, 1.82) is 0 Å². The number of nitrogens with zero attached hydrogens (tertiary/aromatic N) is 1. The molecular formula is C15H11NO. The molecule has 0 fully saturated rings. The molecule has 0 aliphatic heterocycles. The number of hydrogen-bond acceptors (Lipinski definition) is 2. The lowest BCUT2D eigenvalue weighted by molar-refractivity contribution is 1.07. The summed E-state index contributed by atoms with van der Waals surface area (Å²) in [4.78, 5) is 10.4. The largest absolute Gasteiger partial charge is 0.150 e. The van der Waals surface area contributed by atoms with Crippen LogP contribution in [0.5, 0.6) is 0 Å². The second-order valence-corrected chi connectivity index (χ2v) is 4.12. The summed E-state index contributed by atoms with van der Waals surface area (Å²) in [6.07, 6.45) is 0. The van der Waals surface area contributed by atoms with E-state index in [2.05, 4.69) is 35.5 Å². The van der Waals surface area contributed by atoms with Gasteiger partial charge >= 0.3 is 0 Å². The SMILES string of the molecule is O=NCc1cccc2cc3ccccc3cc12. The van der Waals surface area contributed by atoms with Crippen molar-refractivity contribution in [3.8, 4) is 0 Å². The van der Waals surface area contributed by atoms with Crippen molar-refractivity contribution < 1.29 is 0 Å². The van der Waals surface area contributed by atoms with Gasteiger partial charge in [-0.15, -0.1) is 0 Å². The zero-order valence-corrected chi connectivity index (χ0v) is 9.26. The number of benzene rings is 3. The molecule has 3 aromatic rings. The van der Waals surface area contributed by atoms with Crippen LogP contribution in [0.1, 0.15) is 5.56 Å². The molecular weight excluding hydrogens is 210 g/mol. The van der Waals surface area contributed by atoms with Gasteiger partial charge in [-0.25, -0.2) is 0 Å². The van der Waals surface area contributed by atoms with Crippen LogP contribution in [0.15, 0.2) is 59.8 Å². The molecule has 82 valence electrons. The third-order valence-electron chi connectivity index (χ3n) is 3.07. The number of fused-ring (bicyclic) bond motifs is 2. The molecule has 0 atom stereocenters. The average molecular weight is 221 g/mol. The normalized spacial score (nSPS) is 10.8. The van der Waals surface area contributed by atoms with E-state index in [1.807, 2.05) is 24.3 Å². The molecule has 17 heavy (non-hydrogen) atoms. The van der Waals surface area contributed by atoms with E-state index in [9.17, 15) is 4.91 Å². The zero-order valence-electron chi connectivity index (χ0n) is 9.26. The number of hydrogen-bond donors (Lipinski definition) is 0. The summed E-state index contributed by atoms with van der Waals surface area (Å²) in [7, 11) is 0. The predicted octanol–water partition coefficient (Wildman–Crippen LogP) is 4.26. The highest BCUT2D eigenvalue weighted by atomic mass is 16.3. The van der Waals surface area contributed by atoms with E-state index in [4.69, 9.17) is 0 Å². The lowest BCUT2D eigenvalue weighted by Gasteiger charge is -2.05. The third kappa shape index (κ3) is 1.68. The Hall–Kier alpha value is -2.22. The molecule has 0 spiro atoms. The van der Waals surface area contributed by atoms with Gasteiger partial charge in [-0.05, 0) is 39.2 Å². The second-order valence-electron chi connectivity index (χ2n) is 4.12. The summed E-state index contributed by atoms with van der Waals surface area (Å²) in [5, 5.41) is 7.67. The van der Waals surface area contributed by atoms with Crippen LogP contribution in [0.3, 0.4) is 0 Å². The summed E-state index contributed by atoms with van der Waals surface area (Å²) in [5.41, 5.74) is 0.989. The summed E-state index contributed by atoms with van der Waals surface area (Å²) in [5.74, 6) is 0. The fourth-order valence-electron chi connectivity index (χ4n) is 2.24. The first kappa shape index (κ1) is 9.97. The molecule has 0 unspecified atom stereocenters. The Morgan fingerprint density at radius 2 is 1.53 bits per heavy atom. The van der Waals surface area contributed by atoms with Gasteiger partial charge < -0.3 is 0 Å². The summed E-state index contributed by atoms with van der Waals surface area (Å²) in [6, 6.07) is 18.5. The maximum absolute atomic E-state index is 10.4. The number of rotatable bonds is 2. The Labute approximate surface area is 98.9 Å². The van der Waals surface area contributed by atoms with Gasteiger partial charge in [0, 0.05) is 0 Å². The van der Waals surface area contributed by atoms with E-state index in [1.54, 1.807) is 0 Å². The maximum atomic E-state index is 10.4. The quantitative estimate of drug-likeness (QED) is 0.469. The van der Waals surface area contributed by atoms with Crippen LogP contribution in [0.4, 0.5) is 0 Å². The zero-order chi connectivity index (χ0) is 11.7. The highest BCUT2D eigenvalue weighted by Crippen LogP contribution is 2.25. The monoisotopic (exact) mass is 221 g/mol. The predicted molar refractivity (Wildman–Crippen MR) is 71.0 cm³/mol. The van der Waals surface area contributed by atoms with E-state index in [1.165, 1.54) is 10.8 Å². The van der Waals surface area contributed by atoms with Crippen LogP contribution < -0.4 is 0 Å². The molecule has 0 radical (unpaired) electrons. The molecule has 3 aromatic carbocycles. The topological polar surface area (TPSA) is 29.4 Å². The summed E-state index contributed by atoms with van der Waals surface area (Å²) >= 11 is 0. The van der Waals surface area contributed by atoms with Crippen LogP contribution in [0, 0.1) is 4.91 Å².